The lowest BCUT2D eigenvalue weighted by atomic mass is 9.95. The minimum Gasteiger partial charge on any atom is -0.503 e. The van der Waals surface area contributed by atoms with Crippen molar-refractivity contribution in [3.05, 3.63) is 75.4 Å². The molecule has 1 aliphatic rings. The Labute approximate surface area is 199 Å². The maximum absolute atomic E-state index is 13.4. The summed E-state index contributed by atoms with van der Waals surface area (Å²) in [5, 5.41) is 11.0. The normalized spacial score (nSPS) is 15.7. The van der Waals surface area contributed by atoms with Gasteiger partial charge in [-0.1, -0.05) is 23.5 Å². The molecule has 3 heterocycles. The first kappa shape index (κ1) is 23.2. The lowest BCUT2D eigenvalue weighted by Gasteiger charge is -2.24. The van der Waals surface area contributed by atoms with E-state index in [2.05, 4.69) is 4.98 Å². The number of methoxy groups -OCH3 is 1. The van der Waals surface area contributed by atoms with Crippen molar-refractivity contribution >= 4 is 34.1 Å². The molecule has 34 heavy (non-hydrogen) atoms. The fourth-order valence-corrected chi connectivity index (χ4v) is 4.68. The number of ether oxygens (including phenoxy) is 2. The van der Waals surface area contributed by atoms with E-state index in [0.29, 0.717) is 22.8 Å². The number of carbonyl (C=O) groups excluding carboxylic acids is 3. The summed E-state index contributed by atoms with van der Waals surface area (Å²) in [6.45, 7) is 5.19. The molecule has 0 radical (unpaired) electrons. The first-order valence-electron chi connectivity index (χ1n) is 10.4. The molecule has 3 aromatic rings. The third kappa shape index (κ3) is 3.96. The van der Waals surface area contributed by atoms with Crippen LogP contribution in [0, 0.1) is 13.8 Å². The largest absolute Gasteiger partial charge is 0.503 e. The number of hydrogen-bond donors (Lipinski definition) is 1. The van der Waals surface area contributed by atoms with Crippen molar-refractivity contribution in [3.8, 4) is 5.75 Å². The van der Waals surface area contributed by atoms with E-state index in [1.807, 2.05) is 0 Å². The van der Waals surface area contributed by atoms with Crippen LogP contribution in [0.15, 0.2) is 52.1 Å². The molecule has 1 aliphatic heterocycles. The molecule has 1 atom stereocenters. The minimum absolute atomic E-state index is 0.00487. The molecule has 1 aromatic carbocycles. The number of carbonyl (C=O) groups is 3. The highest BCUT2D eigenvalue weighted by Gasteiger charge is 2.46. The second-order valence-corrected chi connectivity index (χ2v) is 8.46. The molecular formula is C24H22N2O7S. The second kappa shape index (κ2) is 9.14. The van der Waals surface area contributed by atoms with Crippen LogP contribution in [0.5, 0.6) is 5.75 Å². The van der Waals surface area contributed by atoms with Crippen LogP contribution in [0.4, 0.5) is 5.13 Å². The summed E-state index contributed by atoms with van der Waals surface area (Å²) < 4.78 is 15.8. The molecule has 0 saturated carbocycles. The number of amides is 1. The van der Waals surface area contributed by atoms with Crippen molar-refractivity contribution in [1.82, 2.24) is 4.98 Å². The summed E-state index contributed by atoms with van der Waals surface area (Å²) in [4.78, 5) is 44.8. The average molecular weight is 483 g/mol. The van der Waals surface area contributed by atoms with Crippen molar-refractivity contribution in [2.45, 2.75) is 26.8 Å². The Hall–Kier alpha value is -3.92. The predicted molar refractivity (Wildman–Crippen MR) is 123 cm³/mol. The number of nitrogens with zero attached hydrogens (tertiary/aromatic N) is 2. The third-order valence-electron chi connectivity index (χ3n) is 5.30. The summed E-state index contributed by atoms with van der Waals surface area (Å²) in [5.74, 6) is -1.61. The number of furan rings is 1. The lowest BCUT2D eigenvalue weighted by Crippen LogP contribution is -2.31. The molecule has 1 unspecified atom stereocenters. The van der Waals surface area contributed by atoms with Gasteiger partial charge in [-0.2, -0.15) is 0 Å². The topological polar surface area (TPSA) is 119 Å². The Kier molecular flexibility index (Phi) is 6.25. The number of hydrogen-bond acceptors (Lipinski definition) is 9. The van der Waals surface area contributed by atoms with E-state index >= 15 is 0 Å². The van der Waals surface area contributed by atoms with E-state index in [1.165, 1.54) is 18.1 Å². The van der Waals surface area contributed by atoms with Crippen LogP contribution in [0.1, 0.15) is 50.2 Å². The third-order valence-corrected chi connectivity index (χ3v) is 6.44. The van der Waals surface area contributed by atoms with Crippen molar-refractivity contribution in [3.63, 3.8) is 0 Å². The van der Waals surface area contributed by atoms with Crippen LogP contribution in [0.2, 0.25) is 0 Å². The maximum Gasteiger partial charge on any atom is 0.350 e. The van der Waals surface area contributed by atoms with E-state index in [-0.39, 0.29) is 27.9 Å². The highest BCUT2D eigenvalue weighted by atomic mass is 32.1. The zero-order valence-corrected chi connectivity index (χ0v) is 19.8. The lowest BCUT2D eigenvalue weighted by molar-refractivity contribution is -0.117. The predicted octanol–water partition coefficient (Wildman–Crippen LogP) is 4.32. The SMILES string of the molecule is CCOC(=O)c1sc(N2C(=O)C(O)=C(C(=O)c3ccc(C)o3)C2c2ccc(OC)cc2)nc1C. The van der Waals surface area contributed by atoms with Crippen molar-refractivity contribution in [2.24, 2.45) is 0 Å². The minimum atomic E-state index is -1.00. The standard InChI is InChI=1S/C24H22N2O7S/c1-5-32-23(30)21-13(3)25-24(34-21)26-18(14-7-9-15(31-4)10-8-14)17(20(28)22(26)29)19(27)16-11-6-12(2)33-16/h6-11,18,28H,5H2,1-4H3. The first-order valence-corrected chi connectivity index (χ1v) is 11.2. The van der Waals surface area contributed by atoms with Crippen LogP contribution >= 0.6 is 11.3 Å². The van der Waals surface area contributed by atoms with Gasteiger partial charge >= 0.3 is 5.97 Å². The summed E-state index contributed by atoms with van der Waals surface area (Å²) in [6.07, 6.45) is 0. The first-order chi connectivity index (χ1) is 16.3. The van der Waals surface area contributed by atoms with Gasteiger partial charge in [0.05, 0.1) is 31.0 Å². The number of anilines is 1. The van der Waals surface area contributed by atoms with Crippen LogP contribution < -0.4 is 9.64 Å². The van der Waals surface area contributed by atoms with Gasteiger partial charge in [0.25, 0.3) is 5.91 Å². The number of esters is 1. The summed E-state index contributed by atoms with van der Waals surface area (Å²) in [7, 11) is 1.52. The molecule has 0 aliphatic carbocycles. The highest BCUT2D eigenvalue weighted by Crippen LogP contribution is 2.44. The van der Waals surface area contributed by atoms with E-state index in [9.17, 15) is 19.5 Å². The number of aryl methyl sites for hydroxylation is 2. The smallest absolute Gasteiger partial charge is 0.350 e. The number of Topliss-reactive ketones (excluding diaryl/α,β-unsaturated/α-hetero) is 1. The van der Waals surface area contributed by atoms with Gasteiger partial charge in [-0.15, -0.1) is 0 Å². The number of aliphatic hydroxyl groups excluding tert-OH is 1. The van der Waals surface area contributed by atoms with Gasteiger partial charge in [0.15, 0.2) is 16.7 Å². The van der Waals surface area contributed by atoms with E-state index in [1.54, 1.807) is 51.1 Å². The number of aromatic nitrogens is 1. The number of rotatable bonds is 7. The monoisotopic (exact) mass is 482 g/mol. The van der Waals surface area contributed by atoms with Crippen molar-refractivity contribution in [2.75, 3.05) is 18.6 Å². The molecular weight excluding hydrogens is 460 g/mol. The summed E-state index contributed by atoms with van der Waals surface area (Å²) in [5.41, 5.74) is 0.770. The maximum atomic E-state index is 13.4. The summed E-state index contributed by atoms with van der Waals surface area (Å²) in [6, 6.07) is 8.86. The second-order valence-electron chi connectivity index (χ2n) is 7.48. The molecule has 2 aromatic heterocycles. The van der Waals surface area contributed by atoms with Crippen LogP contribution in [0.25, 0.3) is 0 Å². The van der Waals surface area contributed by atoms with Gasteiger partial charge in [0.1, 0.15) is 16.4 Å². The average Bonchev–Trinajstić information content (AvgIpc) is 3.50. The molecule has 0 spiro atoms. The molecule has 4 rings (SSSR count). The highest BCUT2D eigenvalue weighted by molar-refractivity contribution is 7.17. The molecule has 176 valence electrons. The Bertz CT molecular complexity index is 1300. The Morgan fingerprint density at radius 3 is 2.47 bits per heavy atom. The zero-order valence-electron chi connectivity index (χ0n) is 18.9. The number of ketones is 1. The van der Waals surface area contributed by atoms with E-state index < -0.39 is 29.5 Å². The molecule has 1 N–H and O–H groups in total. The van der Waals surface area contributed by atoms with Gasteiger partial charge in [0, 0.05) is 0 Å². The molecule has 10 heteroatoms. The van der Waals surface area contributed by atoms with E-state index in [4.69, 9.17) is 13.9 Å². The van der Waals surface area contributed by atoms with Gasteiger partial charge in [-0.05, 0) is 50.6 Å². The van der Waals surface area contributed by atoms with Crippen molar-refractivity contribution in [1.29, 1.82) is 0 Å². The molecule has 0 fully saturated rings. The molecule has 9 nitrogen and oxygen atoms in total. The number of thiazole rings is 1. The quantitative estimate of drug-likeness (QED) is 0.391. The van der Waals surface area contributed by atoms with Gasteiger partial charge in [0.2, 0.25) is 5.78 Å². The van der Waals surface area contributed by atoms with Crippen LogP contribution in [-0.4, -0.2) is 41.5 Å². The zero-order chi connectivity index (χ0) is 24.6. The van der Waals surface area contributed by atoms with Crippen molar-refractivity contribution < 1.29 is 33.4 Å². The molecule has 0 bridgehead atoms. The van der Waals surface area contributed by atoms with Gasteiger partial charge in [-0.3, -0.25) is 14.5 Å². The van der Waals surface area contributed by atoms with Crippen LogP contribution in [-0.2, 0) is 9.53 Å². The number of aliphatic hydroxyl groups is 1. The molecule has 0 saturated heterocycles. The fraction of sp³-hybridized carbons (Fsp3) is 0.250. The number of benzene rings is 1. The van der Waals surface area contributed by atoms with E-state index in [0.717, 1.165) is 11.3 Å². The Balaban J connectivity index is 1.84. The summed E-state index contributed by atoms with van der Waals surface area (Å²) >= 11 is 0.953. The molecule has 1 amide bonds. The van der Waals surface area contributed by atoms with Gasteiger partial charge in [-0.25, -0.2) is 9.78 Å². The van der Waals surface area contributed by atoms with Gasteiger partial charge < -0.3 is 19.0 Å². The Morgan fingerprint density at radius 1 is 1.18 bits per heavy atom. The fourth-order valence-electron chi connectivity index (χ4n) is 3.70. The Morgan fingerprint density at radius 2 is 1.88 bits per heavy atom. The van der Waals surface area contributed by atoms with Crippen LogP contribution in [0.3, 0.4) is 0 Å².